The Balaban J connectivity index is 1.94. The number of benzene rings is 1. The van der Waals surface area contributed by atoms with E-state index in [4.69, 9.17) is 4.52 Å². The van der Waals surface area contributed by atoms with Gasteiger partial charge in [0.2, 0.25) is 5.91 Å². The van der Waals surface area contributed by atoms with Gasteiger partial charge in [-0.05, 0) is 31.9 Å². The summed E-state index contributed by atoms with van der Waals surface area (Å²) in [4.78, 5) is 12.0. The average Bonchev–Trinajstić information content (AvgIpc) is 2.84. The van der Waals surface area contributed by atoms with Crippen molar-refractivity contribution in [2.45, 2.75) is 39.2 Å². The Labute approximate surface area is 138 Å². The summed E-state index contributed by atoms with van der Waals surface area (Å²) in [6.07, 6.45) is -1.31. The molecule has 2 rings (SSSR count). The molecule has 0 radical (unpaired) electrons. The monoisotopic (exact) mass is 338 g/mol. The van der Waals surface area contributed by atoms with E-state index in [0.717, 1.165) is 23.4 Å². The lowest BCUT2D eigenvalue weighted by atomic mass is 9.96. The van der Waals surface area contributed by atoms with Gasteiger partial charge in [0.15, 0.2) is 0 Å². The summed E-state index contributed by atoms with van der Waals surface area (Å²) >= 11 is 0. The van der Waals surface area contributed by atoms with Gasteiger partial charge in [-0.2, -0.15) is 0 Å². The molecule has 0 saturated carbocycles. The van der Waals surface area contributed by atoms with Crippen molar-refractivity contribution in [1.82, 2.24) is 10.5 Å². The Morgan fingerprint density at radius 1 is 1.29 bits per heavy atom. The number of hydrogen-bond donors (Lipinski definition) is 2. The summed E-state index contributed by atoms with van der Waals surface area (Å²) in [6.45, 7) is 5.16. The normalized spacial score (nSPS) is 13.6. The van der Waals surface area contributed by atoms with Crippen molar-refractivity contribution in [3.8, 4) is 0 Å². The standard InChI is InChI=1S/C17H20F2N2O3/c1-9(16-10(2)21-24-11(16)3)7-15(23)20-8-14(22)17-12(18)5-4-6-13(17)19/h4-6,9,14,22H,7-8H2,1-3H3,(H,20,23). The smallest absolute Gasteiger partial charge is 0.220 e. The summed E-state index contributed by atoms with van der Waals surface area (Å²) in [7, 11) is 0. The summed E-state index contributed by atoms with van der Waals surface area (Å²) in [5, 5.41) is 16.3. The maximum atomic E-state index is 13.6. The predicted molar refractivity (Wildman–Crippen MR) is 83.3 cm³/mol. The Bertz CT molecular complexity index is 691. The van der Waals surface area contributed by atoms with E-state index in [9.17, 15) is 18.7 Å². The highest BCUT2D eigenvalue weighted by atomic mass is 19.1. The third-order valence-electron chi connectivity index (χ3n) is 3.90. The lowest BCUT2D eigenvalue weighted by Crippen LogP contribution is -2.30. The van der Waals surface area contributed by atoms with Crippen LogP contribution in [0.25, 0.3) is 0 Å². The van der Waals surface area contributed by atoms with Crippen LogP contribution in [0.4, 0.5) is 8.78 Å². The number of hydrogen-bond acceptors (Lipinski definition) is 4. The molecule has 0 saturated heterocycles. The quantitative estimate of drug-likeness (QED) is 0.849. The van der Waals surface area contributed by atoms with E-state index in [1.54, 1.807) is 13.8 Å². The number of aromatic nitrogens is 1. The summed E-state index contributed by atoms with van der Waals surface area (Å²) < 4.78 is 32.2. The fourth-order valence-electron chi connectivity index (χ4n) is 2.79. The third-order valence-corrected chi connectivity index (χ3v) is 3.90. The molecular formula is C17H20F2N2O3. The number of carbonyl (C=O) groups is 1. The minimum absolute atomic E-state index is 0.126. The van der Waals surface area contributed by atoms with Crippen molar-refractivity contribution in [1.29, 1.82) is 0 Å². The molecule has 0 aliphatic carbocycles. The van der Waals surface area contributed by atoms with E-state index in [2.05, 4.69) is 10.5 Å². The van der Waals surface area contributed by atoms with Gasteiger partial charge >= 0.3 is 0 Å². The second-order valence-electron chi connectivity index (χ2n) is 5.80. The molecule has 0 spiro atoms. The first-order chi connectivity index (χ1) is 11.3. The van der Waals surface area contributed by atoms with Crippen LogP contribution in [0.1, 0.15) is 47.9 Å². The first-order valence-electron chi connectivity index (χ1n) is 7.62. The van der Waals surface area contributed by atoms with Crippen LogP contribution in [0, 0.1) is 25.5 Å². The number of rotatable bonds is 6. The molecule has 1 amide bonds. The van der Waals surface area contributed by atoms with Gasteiger partial charge in [-0.15, -0.1) is 0 Å². The molecule has 2 aromatic rings. The molecule has 2 unspecified atom stereocenters. The summed E-state index contributed by atoms with van der Waals surface area (Å²) in [5.74, 6) is -1.50. The SMILES string of the molecule is Cc1noc(C)c1C(C)CC(=O)NCC(O)c1c(F)cccc1F. The lowest BCUT2D eigenvalue weighted by molar-refractivity contribution is -0.121. The van der Waals surface area contributed by atoms with Crippen molar-refractivity contribution in [2.24, 2.45) is 0 Å². The molecule has 1 heterocycles. The number of amides is 1. The molecule has 0 aliphatic heterocycles. The van der Waals surface area contributed by atoms with Crippen LogP contribution in [0.15, 0.2) is 22.7 Å². The van der Waals surface area contributed by atoms with E-state index in [0.29, 0.717) is 5.76 Å². The van der Waals surface area contributed by atoms with Crippen molar-refractivity contribution in [2.75, 3.05) is 6.54 Å². The summed E-state index contributed by atoms with van der Waals surface area (Å²) in [5.41, 5.74) is 1.14. The molecule has 2 N–H and O–H groups in total. The van der Waals surface area contributed by atoms with Crippen LogP contribution in [0.5, 0.6) is 0 Å². The van der Waals surface area contributed by atoms with Crippen molar-refractivity contribution >= 4 is 5.91 Å². The van der Waals surface area contributed by atoms with E-state index >= 15 is 0 Å². The minimum Gasteiger partial charge on any atom is -0.386 e. The molecule has 0 aliphatic rings. The Morgan fingerprint density at radius 3 is 2.46 bits per heavy atom. The molecular weight excluding hydrogens is 318 g/mol. The Morgan fingerprint density at radius 2 is 1.92 bits per heavy atom. The fraction of sp³-hybridized carbons (Fsp3) is 0.412. The lowest BCUT2D eigenvalue weighted by Gasteiger charge is -2.15. The molecule has 5 nitrogen and oxygen atoms in total. The first kappa shape index (κ1) is 18.1. The van der Waals surface area contributed by atoms with Crippen LogP contribution >= 0.6 is 0 Å². The van der Waals surface area contributed by atoms with E-state index in [1.807, 2.05) is 6.92 Å². The molecule has 130 valence electrons. The van der Waals surface area contributed by atoms with Gasteiger partial charge in [0, 0.05) is 18.5 Å². The van der Waals surface area contributed by atoms with E-state index < -0.39 is 23.3 Å². The number of nitrogens with one attached hydrogen (secondary N) is 1. The van der Waals surface area contributed by atoms with Gasteiger partial charge in [0.1, 0.15) is 23.5 Å². The molecule has 24 heavy (non-hydrogen) atoms. The van der Waals surface area contributed by atoms with Crippen LogP contribution in [0.2, 0.25) is 0 Å². The van der Waals surface area contributed by atoms with Gasteiger partial charge in [0.25, 0.3) is 0 Å². The Hall–Kier alpha value is -2.28. The molecule has 1 aromatic heterocycles. The highest BCUT2D eigenvalue weighted by Gasteiger charge is 2.21. The van der Waals surface area contributed by atoms with Gasteiger partial charge in [0.05, 0.1) is 11.3 Å². The van der Waals surface area contributed by atoms with Crippen LogP contribution in [-0.2, 0) is 4.79 Å². The first-order valence-corrected chi connectivity index (χ1v) is 7.62. The fourth-order valence-corrected chi connectivity index (χ4v) is 2.79. The second kappa shape index (κ2) is 7.53. The van der Waals surface area contributed by atoms with Gasteiger partial charge in [-0.25, -0.2) is 8.78 Å². The number of aliphatic hydroxyl groups is 1. The predicted octanol–water partition coefficient (Wildman–Crippen LogP) is 2.91. The third kappa shape index (κ3) is 3.97. The average molecular weight is 338 g/mol. The number of carbonyl (C=O) groups excluding carboxylic acids is 1. The number of aryl methyl sites for hydroxylation is 2. The molecule has 1 aromatic carbocycles. The molecule has 0 bridgehead atoms. The summed E-state index contributed by atoms with van der Waals surface area (Å²) in [6, 6.07) is 3.33. The topological polar surface area (TPSA) is 75.4 Å². The molecule has 0 fully saturated rings. The maximum Gasteiger partial charge on any atom is 0.220 e. The highest BCUT2D eigenvalue weighted by molar-refractivity contribution is 5.77. The van der Waals surface area contributed by atoms with Crippen LogP contribution in [-0.4, -0.2) is 22.7 Å². The Kier molecular flexibility index (Phi) is 5.66. The van der Waals surface area contributed by atoms with Crippen molar-refractivity contribution < 1.29 is 23.2 Å². The van der Waals surface area contributed by atoms with Crippen LogP contribution < -0.4 is 5.32 Å². The number of nitrogens with zero attached hydrogens (tertiary/aromatic N) is 1. The maximum absolute atomic E-state index is 13.6. The highest BCUT2D eigenvalue weighted by Crippen LogP contribution is 2.26. The molecule has 2 atom stereocenters. The largest absolute Gasteiger partial charge is 0.386 e. The zero-order chi connectivity index (χ0) is 17.9. The zero-order valence-electron chi connectivity index (χ0n) is 13.8. The second-order valence-corrected chi connectivity index (χ2v) is 5.80. The van der Waals surface area contributed by atoms with E-state index in [-0.39, 0.29) is 24.8 Å². The van der Waals surface area contributed by atoms with Gasteiger partial charge in [-0.3, -0.25) is 4.79 Å². The number of halogens is 2. The van der Waals surface area contributed by atoms with Gasteiger partial charge < -0.3 is 14.9 Å². The minimum atomic E-state index is -1.45. The zero-order valence-corrected chi connectivity index (χ0v) is 13.8. The molecule has 7 heteroatoms. The number of aliphatic hydroxyl groups excluding tert-OH is 1. The van der Waals surface area contributed by atoms with Gasteiger partial charge in [-0.1, -0.05) is 18.1 Å². The van der Waals surface area contributed by atoms with Crippen molar-refractivity contribution in [3.63, 3.8) is 0 Å². The van der Waals surface area contributed by atoms with Crippen LogP contribution in [0.3, 0.4) is 0 Å². The van der Waals surface area contributed by atoms with Crippen molar-refractivity contribution in [3.05, 3.63) is 52.4 Å². The van der Waals surface area contributed by atoms with E-state index in [1.165, 1.54) is 6.07 Å².